The molecule has 0 unspecified atom stereocenters. The predicted molar refractivity (Wildman–Crippen MR) is 19.3 cm³/mol. The highest BCUT2D eigenvalue weighted by molar-refractivity contribution is 6.24. The standard InChI is InChI=1S/C3H3Cl/c1-2-3-4/h2H,1H2. The van der Waals surface area contributed by atoms with Crippen LogP contribution in [0, 0.1) is 5.88 Å². The molecular formula is C3H3Cl. The third-order valence-corrected chi connectivity index (χ3v) is 0.231. The highest BCUT2D eigenvalue weighted by atomic mass is 35.5. The Morgan fingerprint density at radius 3 is 2.25 bits per heavy atom. The number of rotatable bonds is 1. The molecule has 0 bridgehead atoms. The van der Waals surface area contributed by atoms with Crippen LogP contribution in [0.25, 0.3) is 0 Å². The Morgan fingerprint density at radius 2 is 2.25 bits per heavy atom. The van der Waals surface area contributed by atoms with Crippen molar-refractivity contribution in [3.05, 3.63) is 18.5 Å². The molecule has 0 atom stereocenters. The van der Waals surface area contributed by atoms with Gasteiger partial charge < -0.3 is 0 Å². The molecular weight excluding hydrogens is 71.5 g/mol. The second kappa shape index (κ2) is 3.03. The Morgan fingerprint density at radius 1 is 2.00 bits per heavy atom. The second-order valence-corrected chi connectivity index (χ2v) is 0.531. The molecule has 0 spiro atoms. The fourth-order valence-electron chi connectivity index (χ4n) is 0. The SMILES string of the molecule is C=C[C]Cl. The predicted octanol–water partition coefficient (Wildman–Crippen LogP) is 1.45. The quantitative estimate of drug-likeness (QED) is 0.442. The number of hydrogen-bond acceptors (Lipinski definition) is 0. The van der Waals surface area contributed by atoms with Crippen molar-refractivity contribution in [3.63, 3.8) is 0 Å². The molecule has 0 aliphatic carbocycles. The lowest BCUT2D eigenvalue weighted by atomic mass is 10.8. The summed E-state index contributed by atoms with van der Waals surface area (Å²) in [6.45, 7) is 3.24. The first-order valence-electron chi connectivity index (χ1n) is 0.886. The van der Waals surface area contributed by atoms with Crippen molar-refractivity contribution in [1.82, 2.24) is 0 Å². The van der Waals surface area contributed by atoms with Crippen molar-refractivity contribution in [2.24, 2.45) is 0 Å². The lowest BCUT2D eigenvalue weighted by Gasteiger charge is -1.51. The Bertz CT molecular complexity index is 17.2. The maximum Gasteiger partial charge on any atom is 0.112 e. The summed E-state index contributed by atoms with van der Waals surface area (Å²) in [5, 5.41) is 0. The van der Waals surface area contributed by atoms with Crippen LogP contribution in [-0.2, 0) is 0 Å². The van der Waals surface area contributed by atoms with Crippen molar-refractivity contribution in [3.8, 4) is 0 Å². The van der Waals surface area contributed by atoms with Crippen molar-refractivity contribution < 1.29 is 0 Å². The van der Waals surface area contributed by atoms with E-state index >= 15 is 0 Å². The van der Waals surface area contributed by atoms with Gasteiger partial charge in [-0.1, -0.05) is 6.08 Å². The third-order valence-electron chi connectivity index (χ3n) is 0.0772. The van der Waals surface area contributed by atoms with E-state index in [1.165, 1.54) is 6.08 Å². The maximum absolute atomic E-state index is 4.82. The average Bonchev–Trinajstić information content (AvgIpc) is 1.37. The number of halogens is 1. The van der Waals surface area contributed by atoms with Crippen LogP contribution in [0.4, 0.5) is 0 Å². The summed E-state index contributed by atoms with van der Waals surface area (Å²) in [5.41, 5.74) is 0. The van der Waals surface area contributed by atoms with Gasteiger partial charge in [0.2, 0.25) is 0 Å². The Labute approximate surface area is 31.1 Å². The zero-order valence-corrected chi connectivity index (χ0v) is 2.92. The van der Waals surface area contributed by atoms with Crippen molar-refractivity contribution in [2.75, 3.05) is 0 Å². The molecule has 0 heterocycles. The van der Waals surface area contributed by atoms with Gasteiger partial charge in [-0.2, -0.15) is 0 Å². The molecule has 0 aromatic rings. The molecule has 0 aliphatic rings. The van der Waals surface area contributed by atoms with Gasteiger partial charge in [-0.15, -0.1) is 18.2 Å². The molecule has 0 amide bonds. The van der Waals surface area contributed by atoms with Gasteiger partial charge in [0.25, 0.3) is 0 Å². The maximum atomic E-state index is 4.82. The molecule has 0 aromatic heterocycles. The molecule has 4 heavy (non-hydrogen) atoms. The van der Waals surface area contributed by atoms with E-state index in [-0.39, 0.29) is 0 Å². The van der Waals surface area contributed by atoms with Crippen molar-refractivity contribution in [1.29, 1.82) is 0 Å². The van der Waals surface area contributed by atoms with E-state index in [9.17, 15) is 0 Å². The highest BCUT2D eigenvalue weighted by Crippen LogP contribution is 1.77. The zero-order valence-electron chi connectivity index (χ0n) is 2.16. The van der Waals surface area contributed by atoms with Crippen LogP contribution in [0.3, 0.4) is 0 Å². The Kier molecular flexibility index (Phi) is 3.05. The van der Waals surface area contributed by atoms with Crippen LogP contribution in [-0.4, -0.2) is 0 Å². The van der Waals surface area contributed by atoms with Gasteiger partial charge in [-0.3, -0.25) is 0 Å². The lowest BCUT2D eigenvalue weighted by Crippen LogP contribution is -1.31. The van der Waals surface area contributed by atoms with Gasteiger partial charge in [-0.25, -0.2) is 0 Å². The van der Waals surface area contributed by atoms with Gasteiger partial charge in [0.15, 0.2) is 0 Å². The summed E-state index contributed by atoms with van der Waals surface area (Å²) < 4.78 is 0. The summed E-state index contributed by atoms with van der Waals surface area (Å²) in [4.78, 5) is 0. The van der Waals surface area contributed by atoms with E-state index in [0.717, 1.165) is 0 Å². The van der Waals surface area contributed by atoms with E-state index in [1.807, 2.05) is 0 Å². The first-order chi connectivity index (χ1) is 1.91. The van der Waals surface area contributed by atoms with E-state index in [1.54, 1.807) is 0 Å². The summed E-state index contributed by atoms with van der Waals surface area (Å²) in [6.07, 6.45) is 1.39. The molecule has 0 aliphatic heterocycles. The summed E-state index contributed by atoms with van der Waals surface area (Å²) in [5.74, 6) is 2.17. The van der Waals surface area contributed by atoms with Gasteiger partial charge in [0.05, 0.1) is 0 Å². The molecule has 0 saturated carbocycles. The molecule has 22 valence electrons. The molecule has 0 fully saturated rings. The molecule has 0 aromatic carbocycles. The van der Waals surface area contributed by atoms with Crippen LogP contribution in [0.15, 0.2) is 12.7 Å². The zero-order chi connectivity index (χ0) is 3.41. The second-order valence-electron chi connectivity index (χ2n) is 0.313. The smallest absolute Gasteiger partial charge is 0.110 e. The van der Waals surface area contributed by atoms with E-state index < -0.39 is 0 Å². The van der Waals surface area contributed by atoms with Gasteiger partial charge >= 0.3 is 0 Å². The van der Waals surface area contributed by atoms with Crippen LogP contribution in [0.1, 0.15) is 0 Å². The van der Waals surface area contributed by atoms with Crippen molar-refractivity contribution >= 4 is 11.6 Å². The number of allylic oxidation sites excluding steroid dienone is 1. The van der Waals surface area contributed by atoms with Gasteiger partial charge in [0.1, 0.15) is 5.88 Å². The monoisotopic (exact) mass is 74.0 g/mol. The van der Waals surface area contributed by atoms with E-state index in [0.29, 0.717) is 0 Å². The normalized spacial score (nSPS) is 6.25. The topological polar surface area (TPSA) is 0 Å². The number of hydrogen-bond donors (Lipinski definition) is 0. The summed E-state index contributed by atoms with van der Waals surface area (Å²) in [6, 6.07) is 0. The van der Waals surface area contributed by atoms with Gasteiger partial charge in [-0.05, 0) is 0 Å². The van der Waals surface area contributed by atoms with Crippen LogP contribution >= 0.6 is 11.6 Å². The van der Waals surface area contributed by atoms with Crippen LogP contribution < -0.4 is 0 Å². The molecule has 0 nitrogen and oxygen atoms in total. The average molecular weight is 74.5 g/mol. The van der Waals surface area contributed by atoms with Crippen molar-refractivity contribution in [2.45, 2.75) is 0 Å². The molecule has 0 rings (SSSR count). The minimum atomic E-state index is 1.39. The van der Waals surface area contributed by atoms with Crippen LogP contribution in [0.2, 0.25) is 0 Å². The largest absolute Gasteiger partial charge is 0.112 e. The molecule has 0 saturated heterocycles. The molecule has 1 heteroatoms. The first-order valence-corrected chi connectivity index (χ1v) is 1.26. The third kappa shape index (κ3) is 2.03. The Hall–Kier alpha value is 0.0300. The minimum absolute atomic E-state index is 1.39. The minimum Gasteiger partial charge on any atom is -0.110 e. The van der Waals surface area contributed by atoms with E-state index in [4.69, 9.17) is 11.6 Å². The molecule has 2 radical (unpaired) electrons. The van der Waals surface area contributed by atoms with E-state index in [2.05, 4.69) is 12.5 Å². The van der Waals surface area contributed by atoms with Crippen LogP contribution in [0.5, 0.6) is 0 Å². The highest BCUT2D eigenvalue weighted by Gasteiger charge is 1.52. The summed E-state index contributed by atoms with van der Waals surface area (Å²) in [7, 11) is 0. The van der Waals surface area contributed by atoms with Gasteiger partial charge in [0, 0.05) is 0 Å². The fraction of sp³-hybridized carbons (Fsp3) is 0. The summed E-state index contributed by atoms with van der Waals surface area (Å²) >= 11 is 4.82. The first kappa shape index (κ1) is 4.03. The molecule has 0 N–H and O–H groups in total. The fourth-order valence-corrected chi connectivity index (χ4v) is 0. The Balaban J connectivity index is 2.30. The lowest BCUT2D eigenvalue weighted by molar-refractivity contribution is 2.07.